The lowest BCUT2D eigenvalue weighted by atomic mass is 10.1. The molecule has 0 aliphatic rings. The molecular formula is C16H15N3O. The molecule has 0 aliphatic heterocycles. The molecule has 100 valence electrons. The number of anilines is 1. The Morgan fingerprint density at radius 2 is 1.90 bits per heavy atom. The van der Waals surface area contributed by atoms with Crippen LogP contribution in [0.4, 0.5) is 5.69 Å². The van der Waals surface area contributed by atoms with Crippen molar-refractivity contribution < 1.29 is 4.79 Å². The van der Waals surface area contributed by atoms with Gasteiger partial charge in [-0.25, -0.2) is 0 Å². The van der Waals surface area contributed by atoms with E-state index < -0.39 is 0 Å². The summed E-state index contributed by atoms with van der Waals surface area (Å²) in [6, 6.07) is 15.3. The van der Waals surface area contributed by atoms with E-state index in [-0.39, 0.29) is 5.91 Å². The highest BCUT2D eigenvalue weighted by Crippen LogP contribution is 2.19. The van der Waals surface area contributed by atoms with Gasteiger partial charge in [0.05, 0.1) is 11.7 Å². The van der Waals surface area contributed by atoms with Crippen molar-refractivity contribution in [2.45, 2.75) is 0 Å². The molecule has 0 N–H and O–H groups in total. The first-order chi connectivity index (χ1) is 9.66. The number of fused-ring (bicyclic) bond motifs is 1. The summed E-state index contributed by atoms with van der Waals surface area (Å²) >= 11 is 0. The highest BCUT2D eigenvalue weighted by Gasteiger charge is 2.14. The summed E-state index contributed by atoms with van der Waals surface area (Å²) in [4.78, 5) is 14.2. The van der Waals surface area contributed by atoms with Crippen LogP contribution in [0.15, 0.2) is 54.7 Å². The predicted molar refractivity (Wildman–Crippen MR) is 79.9 cm³/mol. The van der Waals surface area contributed by atoms with E-state index in [2.05, 4.69) is 5.10 Å². The molecule has 0 saturated heterocycles. The van der Waals surface area contributed by atoms with Crippen LogP contribution < -0.4 is 4.90 Å². The fourth-order valence-corrected chi connectivity index (χ4v) is 2.24. The molecule has 4 nitrogen and oxygen atoms in total. The Morgan fingerprint density at radius 1 is 1.15 bits per heavy atom. The number of hydrogen-bond donors (Lipinski definition) is 0. The third-order valence-electron chi connectivity index (χ3n) is 3.44. The van der Waals surface area contributed by atoms with Gasteiger partial charge in [0, 0.05) is 30.7 Å². The van der Waals surface area contributed by atoms with E-state index >= 15 is 0 Å². The first-order valence-electron chi connectivity index (χ1n) is 6.41. The van der Waals surface area contributed by atoms with Crippen molar-refractivity contribution in [3.8, 4) is 0 Å². The highest BCUT2D eigenvalue weighted by atomic mass is 16.2. The largest absolute Gasteiger partial charge is 0.311 e. The summed E-state index contributed by atoms with van der Waals surface area (Å²) in [6.07, 6.45) is 1.80. The Hall–Kier alpha value is -2.62. The Balaban J connectivity index is 1.98. The van der Waals surface area contributed by atoms with E-state index in [0.29, 0.717) is 5.56 Å². The minimum atomic E-state index is -0.0284. The highest BCUT2D eigenvalue weighted by molar-refractivity contribution is 6.07. The number of aryl methyl sites for hydroxylation is 1. The smallest absolute Gasteiger partial charge is 0.258 e. The van der Waals surface area contributed by atoms with E-state index in [1.165, 1.54) is 0 Å². The molecule has 0 unspecified atom stereocenters. The Bertz CT molecular complexity index is 762. The molecule has 1 amide bonds. The van der Waals surface area contributed by atoms with Crippen molar-refractivity contribution in [1.29, 1.82) is 0 Å². The molecule has 0 fully saturated rings. The lowest BCUT2D eigenvalue weighted by molar-refractivity contribution is 0.0993. The van der Waals surface area contributed by atoms with Gasteiger partial charge >= 0.3 is 0 Å². The molecule has 0 spiro atoms. The van der Waals surface area contributed by atoms with E-state index in [9.17, 15) is 4.79 Å². The molecule has 0 aliphatic carbocycles. The molecule has 4 heteroatoms. The number of aromatic nitrogens is 2. The number of amides is 1. The molecule has 20 heavy (non-hydrogen) atoms. The van der Waals surface area contributed by atoms with Gasteiger partial charge in [-0.3, -0.25) is 9.48 Å². The molecule has 1 aromatic heterocycles. The summed E-state index contributed by atoms with van der Waals surface area (Å²) in [5, 5.41) is 5.22. The summed E-state index contributed by atoms with van der Waals surface area (Å²) in [7, 11) is 3.66. The van der Waals surface area contributed by atoms with E-state index in [1.54, 1.807) is 22.8 Å². The summed E-state index contributed by atoms with van der Waals surface area (Å²) < 4.78 is 1.77. The molecule has 0 bridgehead atoms. The van der Waals surface area contributed by atoms with Crippen LogP contribution in [0.2, 0.25) is 0 Å². The topological polar surface area (TPSA) is 38.1 Å². The lowest BCUT2D eigenvalue weighted by Gasteiger charge is -2.17. The standard InChI is InChI=1S/C16H15N3O/c1-18(14-6-4-3-5-7-14)16(20)12-8-9-13-11-17-19(2)15(13)10-12/h3-11H,1-2H3. The number of para-hydroxylation sites is 1. The van der Waals surface area contributed by atoms with Crippen LogP contribution in [0.3, 0.4) is 0 Å². The number of carbonyl (C=O) groups is 1. The van der Waals surface area contributed by atoms with Crippen molar-refractivity contribution in [1.82, 2.24) is 9.78 Å². The van der Waals surface area contributed by atoms with Crippen molar-refractivity contribution in [2.24, 2.45) is 7.05 Å². The SMILES string of the molecule is CN(C(=O)c1ccc2cnn(C)c2c1)c1ccccc1. The van der Waals surface area contributed by atoms with Gasteiger partial charge in [0.2, 0.25) is 0 Å². The van der Waals surface area contributed by atoms with Gasteiger partial charge in [0.1, 0.15) is 0 Å². The van der Waals surface area contributed by atoms with Gasteiger partial charge in [-0.2, -0.15) is 5.10 Å². The van der Waals surface area contributed by atoms with Crippen LogP contribution in [0.5, 0.6) is 0 Å². The number of rotatable bonds is 2. The quantitative estimate of drug-likeness (QED) is 0.714. The van der Waals surface area contributed by atoms with Gasteiger partial charge in [-0.05, 0) is 24.3 Å². The molecule has 3 rings (SSSR count). The van der Waals surface area contributed by atoms with Crippen molar-refractivity contribution >= 4 is 22.5 Å². The van der Waals surface area contributed by atoms with E-state index in [1.807, 2.05) is 55.6 Å². The summed E-state index contributed by atoms with van der Waals surface area (Å²) in [5.41, 5.74) is 2.49. The Labute approximate surface area is 117 Å². The minimum absolute atomic E-state index is 0.0284. The maximum atomic E-state index is 12.5. The average Bonchev–Trinajstić information content (AvgIpc) is 2.87. The zero-order valence-corrected chi connectivity index (χ0v) is 11.4. The van der Waals surface area contributed by atoms with Gasteiger partial charge in [0.25, 0.3) is 5.91 Å². The van der Waals surface area contributed by atoms with Crippen molar-refractivity contribution in [3.05, 3.63) is 60.3 Å². The maximum absolute atomic E-state index is 12.5. The third-order valence-corrected chi connectivity index (χ3v) is 3.44. The minimum Gasteiger partial charge on any atom is -0.311 e. The second kappa shape index (κ2) is 4.81. The van der Waals surface area contributed by atoms with Crippen molar-refractivity contribution in [2.75, 3.05) is 11.9 Å². The van der Waals surface area contributed by atoms with E-state index in [4.69, 9.17) is 0 Å². The number of benzene rings is 2. The fraction of sp³-hybridized carbons (Fsp3) is 0.125. The van der Waals surface area contributed by atoms with Gasteiger partial charge in [0.15, 0.2) is 0 Å². The van der Waals surface area contributed by atoms with Crippen LogP contribution in [-0.4, -0.2) is 22.7 Å². The second-order valence-corrected chi connectivity index (χ2v) is 4.74. The molecule has 0 radical (unpaired) electrons. The zero-order valence-electron chi connectivity index (χ0n) is 11.4. The molecule has 2 aromatic carbocycles. The molecule has 3 aromatic rings. The average molecular weight is 265 g/mol. The van der Waals surface area contributed by atoms with Gasteiger partial charge < -0.3 is 4.90 Å². The van der Waals surface area contributed by atoms with Crippen LogP contribution in [0.25, 0.3) is 10.9 Å². The number of nitrogens with zero attached hydrogens (tertiary/aromatic N) is 3. The number of hydrogen-bond acceptors (Lipinski definition) is 2. The predicted octanol–water partition coefficient (Wildman–Crippen LogP) is 2.85. The van der Waals surface area contributed by atoms with Gasteiger partial charge in [-0.1, -0.05) is 24.3 Å². The molecule has 0 saturated carbocycles. The van der Waals surface area contributed by atoms with Gasteiger partial charge in [-0.15, -0.1) is 0 Å². The van der Waals surface area contributed by atoms with Crippen LogP contribution in [0.1, 0.15) is 10.4 Å². The third kappa shape index (κ3) is 2.05. The first-order valence-corrected chi connectivity index (χ1v) is 6.41. The maximum Gasteiger partial charge on any atom is 0.258 e. The molecular weight excluding hydrogens is 250 g/mol. The van der Waals surface area contributed by atoms with Crippen molar-refractivity contribution in [3.63, 3.8) is 0 Å². The molecule has 0 atom stereocenters. The number of carbonyl (C=O) groups excluding carboxylic acids is 1. The summed E-state index contributed by atoms with van der Waals surface area (Å²) in [5.74, 6) is -0.0284. The lowest BCUT2D eigenvalue weighted by Crippen LogP contribution is -2.26. The molecule has 1 heterocycles. The van der Waals surface area contributed by atoms with Crippen LogP contribution in [0, 0.1) is 0 Å². The van der Waals surface area contributed by atoms with Crippen LogP contribution in [-0.2, 0) is 7.05 Å². The zero-order chi connectivity index (χ0) is 14.1. The Kier molecular flexibility index (Phi) is 2.99. The van der Waals surface area contributed by atoms with E-state index in [0.717, 1.165) is 16.6 Å². The Morgan fingerprint density at radius 3 is 2.65 bits per heavy atom. The fourth-order valence-electron chi connectivity index (χ4n) is 2.24. The summed E-state index contributed by atoms with van der Waals surface area (Å²) in [6.45, 7) is 0. The second-order valence-electron chi connectivity index (χ2n) is 4.74. The first kappa shape index (κ1) is 12.4. The monoisotopic (exact) mass is 265 g/mol. The van der Waals surface area contributed by atoms with Crippen LogP contribution >= 0.6 is 0 Å². The normalized spacial score (nSPS) is 10.7.